The van der Waals surface area contributed by atoms with Gasteiger partial charge in [-0.3, -0.25) is 0 Å². The molecule has 1 aromatic rings. The minimum atomic E-state index is -0.146. The van der Waals surface area contributed by atoms with Crippen LogP contribution in [0.4, 0.5) is 5.69 Å². The monoisotopic (exact) mass is 260 g/mol. The van der Waals surface area contributed by atoms with Crippen LogP contribution in [0.1, 0.15) is 0 Å². The van der Waals surface area contributed by atoms with Crippen molar-refractivity contribution in [1.29, 1.82) is 0 Å². The molecule has 0 atom stereocenters. The van der Waals surface area contributed by atoms with Crippen LogP contribution in [0.15, 0.2) is 28.3 Å². The normalized spacial score (nSPS) is 11.0. The molecule has 0 spiro atoms. The van der Waals surface area contributed by atoms with Gasteiger partial charge >= 0.3 is 0 Å². The van der Waals surface area contributed by atoms with E-state index in [4.69, 9.17) is 40.4 Å². The highest BCUT2D eigenvalue weighted by Gasteiger charge is 1.98. The lowest BCUT2D eigenvalue weighted by molar-refractivity contribution is 0.994. The van der Waals surface area contributed by atoms with Gasteiger partial charge in [-0.15, -0.1) is 5.10 Å². The third-order valence-electron chi connectivity index (χ3n) is 1.45. The Morgan fingerprint density at radius 3 is 2.38 bits per heavy atom. The van der Waals surface area contributed by atoms with Gasteiger partial charge in [0, 0.05) is 0 Å². The molecule has 0 amide bonds. The number of aliphatic imine (C=N–C) groups is 1. The number of nitrogens with two attached hydrogens (primary N) is 3. The van der Waals surface area contributed by atoms with Crippen LogP contribution >= 0.6 is 23.2 Å². The third-order valence-corrected chi connectivity index (χ3v) is 2.19. The maximum absolute atomic E-state index is 5.79. The smallest absolute Gasteiger partial charge is 0.214 e. The van der Waals surface area contributed by atoms with Crippen LogP contribution in [0.5, 0.6) is 0 Å². The van der Waals surface area contributed by atoms with E-state index in [1.54, 1.807) is 18.2 Å². The van der Waals surface area contributed by atoms with Gasteiger partial charge in [-0.2, -0.15) is 0 Å². The van der Waals surface area contributed by atoms with Crippen molar-refractivity contribution in [3.63, 3.8) is 0 Å². The maximum Gasteiger partial charge on any atom is 0.214 e. The summed E-state index contributed by atoms with van der Waals surface area (Å²) < 4.78 is 0. The Hall–Kier alpha value is -1.66. The summed E-state index contributed by atoms with van der Waals surface area (Å²) in [6.45, 7) is 0. The fourth-order valence-corrected chi connectivity index (χ4v) is 1.13. The molecule has 6 nitrogen and oxygen atoms in total. The number of nitrogens with one attached hydrogen (secondary N) is 1. The summed E-state index contributed by atoms with van der Waals surface area (Å²) in [6.07, 6.45) is 0. The Kier molecular flexibility index (Phi) is 4.21. The average molecular weight is 261 g/mol. The minimum absolute atomic E-state index is 0.0341. The van der Waals surface area contributed by atoms with Gasteiger partial charge in [0.1, 0.15) is 0 Å². The Balaban J connectivity index is 2.82. The maximum atomic E-state index is 5.79. The van der Waals surface area contributed by atoms with Crippen LogP contribution in [-0.2, 0) is 0 Å². The molecular formula is C8H10Cl2N6. The minimum Gasteiger partial charge on any atom is -0.369 e. The van der Waals surface area contributed by atoms with E-state index in [0.717, 1.165) is 0 Å². The van der Waals surface area contributed by atoms with Crippen molar-refractivity contribution in [2.24, 2.45) is 27.3 Å². The lowest BCUT2D eigenvalue weighted by Crippen LogP contribution is -2.32. The number of nitrogens with zero attached hydrogens (tertiary/aromatic N) is 2. The zero-order valence-corrected chi connectivity index (χ0v) is 9.63. The van der Waals surface area contributed by atoms with Crippen LogP contribution < -0.4 is 22.6 Å². The number of hydrogen-bond donors (Lipinski definition) is 4. The van der Waals surface area contributed by atoms with Crippen molar-refractivity contribution in [3.05, 3.63) is 28.2 Å². The van der Waals surface area contributed by atoms with Gasteiger partial charge in [0.15, 0.2) is 0 Å². The molecule has 1 rings (SSSR count). The summed E-state index contributed by atoms with van der Waals surface area (Å²) in [7, 11) is 0. The topological polar surface area (TPSA) is 115 Å². The second-order valence-electron chi connectivity index (χ2n) is 2.74. The molecule has 0 aliphatic rings. The number of hydrazone groups is 1. The quantitative estimate of drug-likeness (QED) is 0.356. The van der Waals surface area contributed by atoms with Crippen molar-refractivity contribution in [2.75, 3.05) is 0 Å². The van der Waals surface area contributed by atoms with E-state index in [9.17, 15) is 0 Å². The molecular weight excluding hydrogens is 251 g/mol. The Bertz CT molecular complexity index is 438. The van der Waals surface area contributed by atoms with E-state index in [2.05, 4.69) is 15.5 Å². The summed E-state index contributed by atoms with van der Waals surface area (Å²) in [5, 5.41) is 4.30. The molecule has 0 saturated heterocycles. The second-order valence-corrected chi connectivity index (χ2v) is 3.56. The SMILES string of the molecule is NC(N)=NNC(N)=Nc1ccc(Cl)c(Cl)c1. The third kappa shape index (κ3) is 3.84. The van der Waals surface area contributed by atoms with Crippen LogP contribution in [0.25, 0.3) is 0 Å². The van der Waals surface area contributed by atoms with Crippen molar-refractivity contribution < 1.29 is 0 Å². The van der Waals surface area contributed by atoms with Crippen LogP contribution in [0.3, 0.4) is 0 Å². The van der Waals surface area contributed by atoms with E-state index in [1.807, 2.05) is 0 Å². The summed E-state index contributed by atoms with van der Waals surface area (Å²) in [5.41, 5.74) is 18.6. The predicted molar refractivity (Wildman–Crippen MR) is 66.7 cm³/mol. The van der Waals surface area contributed by atoms with Crippen LogP contribution in [0, 0.1) is 0 Å². The van der Waals surface area contributed by atoms with Gasteiger partial charge in [-0.25, -0.2) is 10.4 Å². The number of halogens is 2. The van der Waals surface area contributed by atoms with E-state index in [-0.39, 0.29) is 11.9 Å². The summed E-state index contributed by atoms with van der Waals surface area (Å²) in [5.74, 6) is -0.112. The van der Waals surface area contributed by atoms with E-state index < -0.39 is 0 Å². The number of guanidine groups is 2. The Labute approximate surface area is 102 Å². The summed E-state index contributed by atoms with van der Waals surface area (Å²) in [4.78, 5) is 3.95. The summed E-state index contributed by atoms with van der Waals surface area (Å²) in [6, 6.07) is 4.82. The van der Waals surface area contributed by atoms with E-state index in [0.29, 0.717) is 15.7 Å². The lowest BCUT2D eigenvalue weighted by atomic mass is 10.3. The van der Waals surface area contributed by atoms with Crippen molar-refractivity contribution in [2.45, 2.75) is 0 Å². The number of benzene rings is 1. The molecule has 0 aliphatic carbocycles. The standard InChI is InChI=1S/C8H10Cl2N6/c9-5-2-1-4(3-6(5)10)14-8(13)16-15-7(11)12/h1-3H,(H4,11,12,15)(H3,13,14,16). The van der Waals surface area contributed by atoms with Gasteiger partial charge in [0.2, 0.25) is 11.9 Å². The molecule has 0 bridgehead atoms. The number of rotatable bonds is 2. The summed E-state index contributed by atoms with van der Waals surface area (Å²) >= 11 is 11.5. The first-order valence-electron chi connectivity index (χ1n) is 4.13. The van der Waals surface area contributed by atoms with Crippen molar-refractivity contribution >= 4 is 40.8 Å². The first-order valence-corrected chi connectivity index (χ1v) is 4.88. The highest BCUT2D eigenvalue weighted by molar-refractivity contribution is 6.42. The molecule has 0 aliphatic heterocycles. The van der Waals surface area contributed by atoms with E-state index in [1.165, 1.54) is 0 Å². The van der Waals surface area contributed by atoms with Crippen LogP contribution in [-0.4, -0.2) is 11.9 Å². The molecule has 0 fully saturated rings. The predicted octanol–water partition coefficient (Wildman–Crippen LogP) is 0.718. The molecule has 0 radical (unpaired) electrons. The molecule has 16 heavy (non-hydrogen) atoms. The molecule has 7 N–H and O–H groups in total. The average Bonchev–Trinajstić information content (AvgIpc) is 2.21. The molecule has 0 heterocycles. The van der Waals surface area contributed by atoms with Crippen molar-refractivity contribution in [1.82, 2.24) is 5.43 Å². The lowest BCUT2D eigenvalue weighted by Gasteiger charge is -2.01. The van der Waals surface area contributed by atoms with Crippen molar-refractivity contribution in [3.8, 4) is 0 Å². The molecule has 8 heteroatoms. The zero-order valence-electron chi connectivity index (χ0n) is 8.11. The molecule has 86 valence electrons. The second kappa shape index (κ2) is 5.43. The highest BCUT2D eigenvalue weighted by Crippen LogP contribution is 2.26. The van der Waals surface area contributed by atoms with E-state index >= 15 is 0 Å². The molecule has 0 saturated carbocycles. The fourth-order valence-electron chi connectivity index (χ4n) is 0.840. The van der Waals surface area contributed by atoms with Gasteiger partial charge in [0.25, 0.3) is 0 Å². The van der Waals surface area contributed by atoms with Gasteiger partial charge in [-0.1, -0.05) is 23.2 Å². The Morgan fingerprint density at radius 1 is 1.12 bits per heavy atom. The van der Waals surface area contributed by atoms with Crippen LogP contribution in [0.2, 0.25) is 10.0 Å². The molecule has 1 aromatic carbocycles. The molecule has 0 aromatic heterocycles. The van der Waals surface area contributed by atoms with Gasteiger partial charge < -0.3 is 17.2 Å². The zero-order chi connectivity index (χ0) is 12.1. The largest absolute Gasteiger partial charge is 0.369 e. The van der Waals surface area contributed by atoms with Gasteiger partial charge in [-0.05, 0) is 18.2 Å². The fraction of sp³-hybridized carbons (Fsp3) is 0. The first-order chi connectivity index (χ1) is 7.49. The highest BCUT2D eigenvalue weighted by atomic mass is 35.5. The Morgan fingerprint density at radius 2 is 1.81 bits per heavy atom. The number of hydrogen-bond acceptors (Lipinski definition) is 2. The first kappa shape index (κ1) is 12.4. The molecule has 0 unspecified atom stereocenters. The van der Waals surface area contributed by atoms with Gasteiger partial charge in [0.05, 0.1) is 15.7 Å².